The lowest BCUT2D eigenvalue weighted by molar-refractivity contribution is -0.142. The van der Waals surface area contributed by atoms with Gasteiger partial charge in [0.15, 0.2) is 0 Å². The number of aryl methyl sites for hydroxylation is 1. The fourth-order valence-corrected chi connectivity index (χ4v) is 2.33. The van der Waals surface area contributed by atoms with Crippen molar-refractivity contribution >= 4 is 35.0 Å². The number of hydrogen-bond acceptors (Lipinski definition) is 4. The molecule has 5 heteroatoms. The van der Waals surface area contributed by atoms with Gasteiger partial charge in [0.2, 0.25) is 0 Å². The Morgan fingerprint density at radius 2 is 2.10 bits per heavy atom. The Morgan fingerprint density at radius 3 is 2.70 bits per heavy atom. The average molecular weight is 308 g/mol. The first-order valence-electron chi connectivity index (χ1n) is 6.11. The summed E-state index contributed by atoms with van der Waals surface area (Å²) in [6, 6.07) is 7.23. The number of halogens is 1. The molecule has 0 N–H and O–H groups in total. The number of thiazole rings is 1. The van der Waals surface area contributed by atoms with Gasteiger partial charge in [-0.05, 0) is 37.6 Å². The van der Waals surface area contributed by atoms with Crippen molar-refractivity contribution in [3.63, 3.8) is 0 Å². The van der Waals surface area contributed by atoms with Crippen molar-refractivity contribution in [2.24, 2.45) is 0 Å². The maximum Gasteiger partial charge on any atom is 0.331 e. The second-order valence-corrected chi connectivity index (χ2v) is 5.75. The molecule has 0 amide bonds. The first-order valence-corrected chi connectivity index (χ1v) is 7.36. The number of ether oxygens (including phenoxy) is 1. The third-order valence-corrected chi connectivity index (χ3v) is 3.70. The molecule has 20 heavy (non-hydrogen) atoms. The zero-order valence-corrected chi connectivity index (χ0v) is 12.7. The van der Waals surface area contributed by atoms with Crippen LogP contribution in [0.15, 0.2) is 35.7 Å². The molecule has 0 bridgehead atoms. The van der Waals surface area contributed by atoms with Crippen molar-refractivity contribution < 1.29 is 9.53 Å². The lowest BCUT2D eigenvalue weighted by Crippen LogP contribution is -2.05. The van der Waals surface area contributed by atoms with E-state index in [1.165, 1.54) is 6.08 Å². The molecule has 1 atom stereocenters. The Hall–Kier alpha value is -1.65. The van der Waals surface area contributed by atoms with Crippen molar-refractivity contribution in [3.8, 4) is 0 Å². The molecule has 0 aliphatic rings. The molecule has 1 aromatic carbocycles. The van der Waals surface area contributed by atoms with Crippen molar-refractivity contribution in [1.82, 2.24) is 4.98 Å². The second-order valence-electron chi connectivity index (χ2n) is 4.26. The number of esters is 1. The van der Waals surface area contributed by atoms with E-state index < -0.39 is 5.97 Å². The highest BCUT2D eigenvalue weighted by molar-refractivity contribution is 7.09. The molecule has 104 valence electrons. The zero-order valence-electron chi connectivity index (χ0n) is 11.2. The maximum absolute atomic E-state index is 11.7. The van der Waals surface area contributed by atoms with E-state index in [1.54, 1.807) is 29.5 Å². The molecule has 0 saturated carbocycles. The SMILES string of the molecule is Cc1nc(/C=C/C(=O)OC(C)c2ccc(Cl)cc2)cs1. The highest BCUT2D eigenvalue weighted by Gasteiger charge is 2.09. The molecule has 1 aromatic heterocycles. The normalized spacial score (nSPS) is 12.6. The van der Waals surface area contributed by atoms with Gasteiger partial charge in [-0.3, -0.25) is 0 Å². The fraction of sp³-hybridized carbons (Fsp3) is 0.200. The molecule has 0 fully saturated rings. The first kappa shape index (κ1) is 14.8. The summed E-state index contributed by atoms with van der Waals surface area (Å²) < 4.78 is 5.31. The van der Waals surface area contributed by atoms with Crippen LogP contribution in [0.1, 0.15) is 29.3 Å². The van der Waals surface area contributed by atoms with Gasteiger partial charge in [0.25, 0.3) is 0 Å². The van der Waals surface area contributed by atoms with Gasteiger partial charge in [-0.1, -0.05) is 23.7 Å². The van der Waals surface area contributed by atoms with Crippen LogP contribution < -0.4 is 0 Å². The van der Waals surface area contributed by atoms with Gasteiger partial charge in [-0.2, -0.15) is 0 Å². The van der Waals surface area contributed by atoms with Crippen molar-refractivity contribution in [1.29, 1.82) is 0 Å². The summed E-state index contributed by atoms with van der Waals surface area (Å²) in [6.45, 7) is 3.74. The van der Waals surface area contributed by atoms with Crippen molar-refractivity contribution in [2.45, 2.75) is 20.0 Å². The fourth-order valence-electron chi connectivity index (χ4n) is 1.63. The summed E-state index contributed by atoms with van der Waals surface area (Å²) in [5.74, 6) is -0.391. The molecule has 0 saturated heterocycles. The van der Waals surface area contributed by atoms with Crippen LogP contribution in [0.4, 0.5) is 0 Å². The van der Waals surface area contributed by atoms with E-state index >= 15 is 0 Å². The minimum atomic E-state index is -0.391. The number of benzene rings is 1. The third-order valence-electron chi connectivity index (χ3n) is 2.66. The Morgan fingerprint density at radius 1 is 1.40 bits per heavy atom. The highest BCUT2D eigenvalue weighted by atomic mass is 35.5. The smallest absolute Gasteiger partial charge is 0.331 e. The van der Waals surface area contributed by atoms with E-state index in [1.807, 2.05) is 31.4 Å². The predicted molar refractivity (Wildman–Crippen MR) is 81.8 cm³/mol. The highest BCUT2D eigenvalue weighted by Crippen LogP contribution is 2.19. The second kappa shape index (κ2) is 6.68. The van der Waals surface area contributed by atoms with Crippen molar-refractivity contribution in [3.05, 3.63) is 57.0 Å². The van der Waals surface area contributed by atoms with Crippen LogP contribution in [0.25, 0.3) is 6.08 Å². The summed E-state index contributed by atoms with van der Waals surface area (Å²) in [7, 11) is 0. The molecule has 0 aliphatic carbocycles. The van der Waals surface area contributed by atoms with Gasteiger partial charge in [0, 0.05) is 16.5 Å². The van der Waals surface area contributed by atoms with E-state index in [0.717, 1.165) is 16.3 Å². The molecular weight excluding hydrogens is 294 g/mol. The van der Waals surface area contributed by atoms with Crippen LogP contribution in [-0.2, 0) is 9.53 Å². The van der Waals surface area contributed by atoms with E-state index in [-0.39, 0.29) is 6.10 Å². The van der Waals surface area contributed by atoms with Crippen LogP contribution in [0.5, 0.6) is 0 Å². The van der Waals surface area contributed by atoms with E-state index in [2.05, 4.69) is 4.98 Å². The summed E-state index contributed by atoms with van der Waals surface area (Å²) >= 11 is 7.36. The number of nitrogens with zero attached hydrogens (tertiary/aromatic N) is 1. The number of carbonyl (C=O) groups excluding carboxylic acids is 1. The van der Waals surface area contributed by atoms with Gasteiger partial charge in [-0.15, -0.1) is 11.3 Å². The average Bonchev–Trinajstić information content (AvgIpc) is 2.83. The summed E-state index contributed by atoms with van der Waals surface area (Å²) in [6.07, 6.45) is 2.73. The lowest BCUT2D eigenvalue weighted by Gasteiger charge is -2.12. The van der Waals surface area contributed by atoms with Gasteiger partial charge in [0.05, 0.1) is 10.7 Å². The molecule has 0 aliphatic heterocycles. The van der Waals surface area contributed by atoms with E-state index in [4.69, 9.17) is 16.3 Å². The number of rotatable bonds is 4. The minimum Gasteiger partial charge on any atom is -0.455 e. The third kappa shape index (κ3) is 4.18. The molecule has 0 radical (unpaired) electrons. The Bertz CT molecular complexity index is 619. The van der Waals surface area contributed by atoms with E-state index in [0.29, 0.717) is 5.02 Å². The molecule has 1 unspecified atom stereocenters. The predicted octanol–water partition coefficient (Wildman–Crippen LogP) is 4.42. The van der Waals surface area contributed by atoms with Gasteiger partial charge >= 0.3 is 5.97 Å². The van der Waals surface area contributed by atoms with Gasteiger partial charge < -0.3 is 4.74 Å². The van der Waals surface area contributed by atoms with E-state index in [9.17, 15) is 4.79 Å². The molecule has 3 nitrogen and oxygen atoms in total. The number of carbonyl (C=O) groups is 1. The Kier molecular flexibility index (Phi) is 4.93. The van der Waals surface area contributed by atoms with Crippen molar-refractivity contribution in [2.75, 3.05) is 0 Å². The summed E-state index contributed by atoms with van der Waals surface area (Å²) in [5.41, 5.74) is 1.67. The summed E-state index contributed by atoms with van der Waals surface area (Å²) in [4.78, 5) is 16.0. The molecule has 2 rings (SSSR count). The Labute approximate surface area is 126 Å². The standard InChI is InChI=1S/C15H14ClNO2S/c1-10(12-3-5-13(16)6-4-12)19-15(18)8-7-14-9-20-11(2)17-14/h3-10H,1-2H3/b8-7+. The summed E-state index contributed by atoms with van der Waals surface area (Å²) in [5, 5.41) is 3.51. The Balaban J connectivity index is 1.94. The maximum atomic E-state index is 11.7. The minimum absolute atomic E-state index is 0.318. The quantitative estimate of drug-likeness (QED) is 0.620. The monoisotopic (exact) mass is 307 g/mol. The number of hydrogen-bond donors (Lipinski definition) is 0. The van der Waals surface area contributed by atoms with Crippen LogP contribution in [0, 0.1) is 6.92 Å². The topological polar surface area (TPSA) is 39.2 Å². The largest absolute Gasteiger partial charge is 0.455 e. The molecule has 0 spiro atoms. The molecule has 1 heterocycles. The first-order chi connectivity index (χ1) is 9.54. The van der Waals surface area contributed by atoms with Gasteiger partial charge in [-0.25, -0.2) is 9.78 Å². The van der Waals surface area contributed by atoms with Crippen LogP contribution in [0.3, 0.4) is 0 Å². The van der Waals surface area contributed by atoms with Crippen LogP contribution in [-0.4, -0.2) is 11.0 Å². The van der Waals surface area contributed by atoms with Crippen LogP contribution in [0.2, 0.25) is 5.02 Å². The lowest BCUT2D eigenvalue weighted by atomic mass is 10.1. The van der Waals surface area contributed by atoms with Crippen LogP contribution >= 0.6 is 22.9 Å². The van der Waals surface area contributed by atoms with Gasteiger partial charge in [0.1, 0.15) is 6.10 Å². The number of aromatic nitrogens is 1. The molecular formula is C15H14ClNO2S. The zero-order chi connectivity index (χ0) is 14.5. The molecule has 2 aromatic rings.